The fourth-order valence-electron chi connectivity index (χ4n) is 1.15. The van der Waals surface area contributed by atoms with E-state index < -0.39 is 35.5 Å². The molecule has 1 rings (SSSR count). The molecule has 0 aliphatic heterocycles. The summed E-state index contributed by atoms with van der Waals surface area (Å²) in [5, 5.41) is 8.56. The van der Waals surface area contributed by atoms with E-state index in [0.29, 0.717) is 6.20 Å². The Hall–Kier alpha value is -2.11. The molecule has 0 N–H and O–H groups in total. The molecule has 98 valence electrons. The first kappa shape index (κ1) is 14.0. The number of hydrogen-bond acceptors (Lipinski definition) is 4. The van der Waals surface area contributed by atoms with Crippen LogP contribution in [0.1, 0.15) is 17.7 Å². The highest BCUT2D eigenvalue weighted by Crippen LogP contribution is 2.40. The summed E-state index contributed by atoms with van der Waals surface area (Å²) in [6, 6.07) is 1.30. The standard InChI is InChI=1S/C9H5F5N2O2/c1-17-6-4(8(10)11)3-16-5(2-15)7(6)18-9(12,13)14/h3,8H,1H3. The Labute approximate surface area is 97.6 Å². The molecule has 0 radical (unpaired) electrons. The van der Waals surface area contributed by atoms with Crippen LogP contribution in [0.3, 0.4) is 0 Å². The van der Waals surface area contributed by atoms with Crippen molar-refractivity contribution in [1.29, 1.82) is 5.26 Å². The van der Waals surface area contributed by atoms with Crippen molar-refractivity contribution in [2.45, 2.75) is 12.8 Å². The number of alkyl halides is 5. The third kappa shape index (κ3) is 2.97. The Morgan fingerprint density at radius 3 is 2.33 bits per heavy atom. The second-order valence-electron chi connectivity index (χ2n) is 2.88. The molecule has 4 nitrogen and oxygen atoms in total. The van der Waals surface area contributed by atoms with Crippen LogP contribution >= 0.6 is 0 Å². The predicted molar refractivity (Wildman–Crippen MR) is 47.1 cm³/mol. The molecule has 1 aromatic rings. The fraction of sp³-hybridized carbons (Fsp3) is 0.333. The van der Waals surface area contributed by atoms with Gasteiger partial charge in [0, 0.05) is 6.20 Å². The molecular formula is C9H5F5N2O2. The van der Waals surface area contributed by atoms with Crippen LogP contribution in [-0.4, -0.2) is 18.5 Å². The van der Waals surface area contributed by atoms with Gasteiger partial charge >= 0.3 is 6.36 Å². The van der Waals surface area contributed by atoms with Gasteiger partial charge in [0.05, 0.1) is 12.7 Å². The molecule has 18 heavy (non-hydrogen) atoms. The van der Waals surface area contributed by atoms with E-state index in [9.17, 15) is 22.0 Å². The van der Waals surface area contributed by atoms with Crippen molar-refractivity contribution >= 4 is 0 Å². The van der Waals surface area contributed by atoms with E-state index in [1.54, 1.807) is 0 Å². The van der Waals surface area contributed by atoms with E-state index in [1.807, 2.05) is 0 Å². The Balaban J connectivity index is 3.43. The molecule has 0 fully saturated rings. The quantitative estimate of drug-likeness (QED) is 0.791. The third-order valence-corrected chi connectivity index (χ3v) is 1.78. The minimum atomic E-state index is -5.15. The Morgan fingerprint density at radius 2 is 1.94 bits per heavy atom. The summed E-state index contributed by atoms with van der Waals surface area (Å²) in [7, 11) is 0.881. The van der Waals surface area contributed by atoms with Gasteiger partial charge in [-0.3, -0.25) is 0 Å². The molecule has 9 heteroatoms. The van der Waals surface area contributed by atoms with E-state index in [1.165, 1.54) is 6.07 Å². The highest BCUT2D eigenvalue weighted by atomic mass is 19.4. The van der Waals surface area contributed by atoms with Gasteiger partial charge in [0.15, 0.2) is 11.4 Å². The zero-order chi connectivity index (χ0) is 13.9. The van der Waals surface area contributed by atoms with Crippen molar-refractivity contribution in [2.75, 3.05) is 7.11 Å². The first-order valence-corrected chi connectivity index (χ1v) is 4.31. The van der Waals surface area contributed by atoms with Gasteiger partial charge in [0.1, 0.15) is 6.07 Å². The molecule has 0 aromatic carbocycles. The molecule has 1 heterocycles. The van der Waals surface area contributed by atoms with Gasteiger partial charge in [-0.1, -0.05) is 0 Å². The largest absolute Gasteiger partial charge is 0.573 e. The lowest BCUT2D eigenvalue weighted by Crippen LogP contribution is -2.19. The average Bonchev–Trinajstić information content (AvgIpc) is 2.26. The van der Waals surface area contributed by atoms with Crippen LogP contribution in [0.4, 0.5) is 22.0 Å². The number of pyridine rings is 1. The summed E-state index contributed by atoms with van der Waals surface area (Å²) < 4.78 is 69.3. The van der Waals surface area contributed by atoms with E-state index >= 15 is 0 Å². The van der Waals surface area contributed by atoms with Gasteiger partial charge in [0.25, 0.3) is 6.43 Å². The zero-order valence-electron chi connectivity index (χ0n) is 8.76. The van der Waals surface area contributed by atoms with Crippen molar-refractivity contribution in [3.63, 3.8) is 0 Å². The van der Waals surface area contributed by atoms with Crippen LogP contribution in [0, 0.1) is 11.3 Å². The highest BCUT2D eigenvalue weighted by molar-refractivity contribution is 5.53. The first-order chi connectivity index (χ1) is 8.30. The Kier molecular flexibility index (Phi) is 3.90. The molecule has 0 spiro atoms. The number of hydrogen-bond donors (Lipinski definition) is 0. The molecule has 0 bridgehead atoms. The van der Waals surface area contributed by atoms with Gasteiger partial charge in [-0.05, 0) is 0 Å². The molecule has 0 saturated carbocycles. The maximum atomic E-state index is 12.5. The molecule has 0 unspecified atom stereocenters. The summed E-state index contributed by atoms with van der Waals surface area (Å²) in [6.07, 6.45) is -7.71. The second kappa shape index (κ2) is 5.03. The number of ether oxygens (including phenoxy) is 2. The summed E-state index contributed by atoms with van der Waals surface area (Å²) in [6.45, 7) is 0. The third-order valence-electron chi connectivity index (χ3n) is 1.78. The van der Waals surface area contributed by atoms with Crippen molar-refractivity contribution < 1.29 is 31.4 Å². The number of rotatable bonds is 3. The fourth-order valence-corrected chi connectivity index (χ4v) is 1.15. The lowest BCUT2D eigenvalue weighted by Gasteiger charge is -2.15. The van der Waals surface area contributed by atoms with Gasteiger partial charge in [-0.2, -0.15) is 5.26 Å². The number of nitriles is 1. The van der Waals surface area contributed by atoms with Crippen molar-refractivity contribution in [3.8, 4) is 17.6 Å². The molecular weight excluding hydrogens is 263 g/mol. The second-order valence-corrected chi connectivity index (χ2v) is 2.88. The predicted octanol–water partition coefficient (Wildman–Crippen LogP) is 2.80. The van der Waals surface area contributed by atoms with Gasteiger partial charge in [-0.25, -0.2) is 13.8 Å². The van der Waals surface area contributed by atoms with Crippen LogP contribution in [-0.2, 0) is 0 Å². The van der Waals surface area contributed by atoms with Gasteiger partial charge in [-0.15, -0.1) is 13.2 Å². The molecule has 1 aromatic heterocycles. The molecule has 0 aliphatic rings. The molecule has 0 saturated heterocycles. The SMILES string of the molecule is COc1c(C(F)F)cnc(C#N)c1OC(F)(F)F. The maximum absolute atomic E-state index is 12.5. The average molecular weight is 268 g/mol. The highest BCUT2D eigenvalue weighted by Gasteiger charge is 2.35. The van der Waals surface area contributed by atoms with Crippen LogP contribution < -0.4 is 9.47 Å². The van der Waals surface area contributed by atoms with Gasteiger partial charge in [0.2, 0.25) is 5.75 Å². The molecule has 0 amide bonds. The van der Waals surface area contributed by atoms with E-state index in [2.05, 4.69) is 14.5 Å². The van der Waals surface area contributed by atoms with Crippen molar-refractivity contribution in [1.82, 2.24) is 4.98 Å². The number of aromatic nitrogens is 1. The van der Waals surface area contributed by atoms with E-state index in [4.69, 9.17) is 5.26 Å². The lowest BCUT2D eigenvalue weighted by molar-refractivity contribution is -0.275. The normalized spacial score (nSPS) is 11.2. The Bertz CT molecular complexity index is 481. The number of halogens is 5. The number of nitrogens with zero attached hydrogens (tertiary/aromatic N) is 2. The summed E-state index contributed by atoms with van der Waals surface area (Å²) >= 11 is 0. The smallest absolute Gasteiger partial charge is 0.492 e. The zero-order valence-corrected chi connectivity index (χ0v) is 8.76. The summed E-state index contributed by atoms with van der Waals surface area (Å²) in [5.74, 6) is -2.04. The number of methoxy groups -OCH3 is 1. The minimum absolute atomic E-state index is 0.561. The summed E-state index contributed by atoms with van der Waals surface area (Å²) in [5.41, 5.74) is -1.69. The van der Waals surface area contributed by atoms with Crippen LogP contribution in [0.2, 0.25) is 0 Å². The van der Waals surface area contributed by atoms with E-state index in [-0.39, 0.29) is 0 Å². The summed E-state index contributed by atoms with van der Waals surface area (Å²) in [4.78, 5) is 3.17. The monoisotopic (exact) mass is 268 g/mol. The lowest BCUT2D eigenvalue weighted by atomic mass is 10.2. The Morgan fingerprint density at radius 1 is 1.33 bits per heavy atom. The van der Waals surface area contributed by atoms with Crippen molar-refractivity contribution in [2.24, 2.45) is 0 Å². The maximum Gasteiger partial charge on any atom is 0.573 e. The molecule has 0 atom stereocenters. The topological polar surface area (TPSA) is 55.1 Å². The van der Waals surface area contributed by atoms with Crippen LogP contribution in [0.5, 0.6) is 11.5 Å². The van der Waals surface area contributed by atoms with Crippen LogP contribution in [0.15, 0.2) is 6.20 Å². The minimum Gasteiger partial charge on any atom is -0.492 e. The van der Waals surface area contributed by atoms with Crippen LogP contribution in [0.25, 0.3) is 0 Å². The van der Waals surface area contributed by atoms with Gasteiger partial charge < -0.3 is 9.47 Å². The van der Waals surface area contributed by atoms with E-state index in [0.717, 1.165) is 7.11 Å². The molecule has 0 aliphatic carbocycles. The van der Waals surface area contributed by atoms with Crippen molar-refractivity contribution in [3.05, 3.63) is 17.5 Å². The first-order valence-electron chi connectivity index (χ1n) is 4.31.